The lowest BCUT2D eigenvalue weighted by atomic mass is 9.97. The number of piperidine rings is 1. The molecule has 0 radical (unpaired) electrons. The Bertz CT molecular complexity index is 939. The minimum atomic E-state index is -3.76. The fourth-order valence-corrected chi connectivity index (χ4v) is 5.03. The van der Waals surface area contributed by atoms with Crippen molar-refractivity contribution in [1.82, 2.24) is 4.31 Å². The molecule has 1 amide bonds. The van der Waals surface area contributed by atoms with Gasteiger partial charge in [0.15, 0.2) is 0 Å². The average molecular weight is 429 g/mol. The van der Waals surface area contributed by atoms with Crippen molar-refractivity contribution in [2.45, 2.75) is 18.6 Å². The highest BCUT2D eigenvalue weighted by Crippen LogP contribution is 2.26. The lowest BCUT2D eigenvalue weighted by molar-refractivity contribution is -0.120. The molecule has 2 aromatic rings. The molecule has 150 valence electrons. The number of carbonyl (C=O) groups is 1. The van der Waals surface area contributed by atoms with Crippen molar-refractivity contribution in [2.24, 2.45) is 5.92 Å². The minimum Gasteiger partial charge on any atom is -0.326 e. The van der Waals surface area contributed by atoms with Gasteiger partial charge in [-0.15, -0.1) is 0 Å². The summed E-state index contributed by atoms with van der Waals surface area (Å²) in [6.07, 6.45) is 0.689. The summed E-state index contributed by atoms with van der Waals surface area (Å²) in [5.41, 5.74) is 0.427. The predicted octanol–water partition coefficient (Wildman–Crippen LogP) is 3.80. The maximum absolute atomic E-state index is 13.9. The van der Waals surface area contributed by atoms with E-state index >= 15 is 0 Å². The van der Waals surface area contributed by atoms with Gasteiger partial charge in [0.05, 0.1) is 5.75 Å². The molecule has 3 rings (SSSR count). The van der Waals surface area contributed by atoms with Gasteiger partial charge in [-0.3, -0.25) is 4.79 Å². The van der Waals surface area contributed by atoms with Crippen LogP contribution in [-0.4, -0.2) is 31.7 Å². The van der Waals surface area contributed by atoms with E-state index in [1.807, 2.05) is 0 Å². The van der Waals surface area contributed by atoms with Gasteiger partial charge in [0, 0.05) is 35.3 Å². The zero-order chi connectivity index (χ0) is 20.3. The Kier molecular flexibility index (Phi) is 6.32. The Balaban J connectivity index is 1.59. The zero-order valence-electron chi connectivity index (χ0n) is 14.9. The lowest BCUT2D eigenvalue weighted by Crippen LogP contribution is -2.42. The van der Waals surface area contributed by atoms with Crippen LogP contribution in [0.25, 0.3) is 0 Å². The van der Waals surface area contributed by atoms with Crippen LogP contribution in [0.15, 0.2) is 42.5 Å². The number of nitrogens with zero attached hydrogens (tertiary/aromatic N) is 1. The molecular weight excluding hydrogens is 410 g/mol. The molecule has 9 heteroatoms. The van der Waals surface area contributed by atoms with Crippen LogP contribution >= 0.6 is 11.6 Å². The summed E-state index contributed by atoms with van der Waals surface area (Å²) in [5, 5.41) is 2.77. The van der Waals surface area contributed by atoms with E-state index in [1.54, 1.807) is 0 Å². The lowest BCUT2D eigenvalue weighted by Gasteiger charge is -2.30. The minimum absolute atomic E-state index is 0.0552. The molecule has 1 N–H and O–H groups in total. The smallest absolute Gasteiger partial charge is 0.227 e. The second-order valence-corrected chi connectivity index (χ2v) is 9.00. The highest BCUT2D eigenvalue weighted by Gasteiger charge is 2.32. The topological polar surface area (TPSA) is 66.5 Å². The van der Waals surface area contributed by atoms with E-state index in [-0.39, 0.29) is 35.5 Å². The molecule has 1 aliphatic heterocycles. The molecule has 0 unspecified atom stereocenters. The molecule has 0 atom stereocenters. The van der Waals surface area contributed by atoms with Gasteiger partial charge in [-0.05, 0) is 49.2 Å². The van der Waals surface area contributed by atoms with Crippen LogP contribution in [0, 0.1) is 17.6 Å². The van der Waals surface area contributed by atoms with Crippen molar-refractivity contribution in [3.63, 3.8) is 0 Å². The summed E-state index contributed by atoms with van der Waals surface area (Å²) in [6.45, 7) is 0.325. The highest BCUT2D eigenvalue weighted by atomic mass is 35.5. The van der Waals surface area contributed by atoms with Gasteiger partial charge in [-0.2, -0.15) is 0 Å². The highest BCUT2D eigenvalue weighted by molar-refractivity contribution is 7.88. The fraction of sp³-hybridized carbons (Fsp3) is 0.316. The van der Waals surface area contributed by atoms with E-state index in [0.717, 1.165) is 0 Å². The van der Waals surface area contributed by atoms with Crippen molar-refractivity contribution in [3.8, 4) is 0 Å². The summed E-state index contributed by atoms with van der Waals surface area (Å²) < 4.78 is 53.3. The first-order chi connectivity index (χ1) is 13.3. The maximum Gasteiger partial charge on any atom is 0.227 e. The Hall–Kier alpha value is -2.03. The van der Waals surface area contributed by atoms with Crippen molar-refractivity contribution in [2.75, 3.05) is 18.4 Å². The second kappa shape index (κ2) is 8.55. The van der Waals surface area contributed by atoms with E-state index in [4.69, 9.17) is 11.6 Å². The monoisotopic (exact) mass is 428 g/mol. The van der Waals surface area contributed by atoms with Gasteiger partial charge in [-0.25, -0.2) is 21.5 Å². The predicted molar refractivity (Wildman–Crippen MR) is 103 cm³/mol. The van der Waals surface area contributed by atoms with Crippen molar-refractivity contribution in [1.29, 1.82) is 0 Å². The summed E-state index contributed by atoms with van der Waals surface area (Å²) >= 11 is 5.93. The van der Waals surface area contributed by atoms with E-state index in [0.29, 0.717) is 18.5 Å². The molecule has 0 spiro atoms. The molecule has 0 saturated carbocycles. The molecule has 1 heterocycles. The standard InChI is InChI=1S/C19H19ClF2N2O3S/c20-17-2-1-3-18(22)16(17)12-28(26,27)24-10-8-13(9-11-24)19(25)23-15-6-4-14(21)5-7-15/h1-7,13H,8-12H2,(H,23,25). The van der Waals surface area contributed by atoms with Crippen molar-refractivity contribution >= 4 is 33.2 Å². The fourth-order valence-electron chi connectivity index (χ4n) is 3.12. The van der Waals surface area contributed by atoms with Crippen LogP contribution in [0.4, 0.5) is 14.5 Å². The number of nitrogens with one attached hydrogen (secondary N) is 1. The van der Waals surface area contributed by atoms with E-state index in [2.05, 4.69) is 5.32 Å². The van der Waals surface area contributed by atoms with Gasteiger partial charge in [0.25, 0.3) is 0 Å². The van der Waals surface area contributed by atoms with Gasteiger partial charge < -0.3 is 5.32 Å². The molecule has 1 fully saturated rings. The first kappa shape index (κ1) is 20.7. The molecule has 0 bridgehead atoms. The third kappa shape index (κ3) is 4.87. The van der Waals surface area contributed by atoms with E-state index in [1.165, 1.54) is 46.8 Å². The molecular formula is C19H19ClF2N2O3S. The average Bonchev–Trinajstić information content (AvgIpc) is 2.67. The van der Waals surface area contributed by atoms with E-state index < -0.39 is 27.4 Å². The molecule has 1 saturated heterocycles. The van der Waals surface area contributed by atoms with Gasteiger partial charge in [-0.1, -0.05) is 17.7 Å². The Labute approximate surface area is 167 Å². The van der Waals surface area contributed by atoms with Crippen LogP contribution in [0.3, 0.4) is 0 Å². The first-order valence-corrected chi connectivity index (χ1v) is 10.7. The number of sulfonamides is 1. The maximum atomic E-state index is 13.9. The van der Waals surface area contributed by atoms with Crippen LogP contribution < -0.4 is 5.32 Å². The largest absolute Gasteiger partial charge is 0.326 e. The summed E-state index contributed by atoms with van der Waals surface area (Å²) in [4.78, 5) is 12.3. The molecule has 1 aliphatic rings. The third-order valence-electron chi connectivity index (χ3n) is 4.72. The van der Waals surface area contributed by atoms with Crippen LogP contribution in [-0.2, 0) is 20.6 Å². The van der Waals surface area contributed by atoms with E-state index in [9.17, 15) is 22.0 Å². The molecule has 0 aromatic heterocycles. The summed E-state index contributed by atoms with van der Waals surface area (Å²) in [5.74, 6) is -2.17. The Morgan fingerprint density at radius 1 is 1.11 bits per heavy atom. The Morgan fingerprint density at radius 3 is 2.36 bits per heavy atom. The van der Waals surface area contributed by atoms with Crippen LogP contribution in [0.5, 0.6) is 0 Å². The second-order valence-electron chi connectivity index (χ2n) is 6.63. The Morgan fingerprint density at radius 2 is 1.75 bits per heavy atom. The van der Waals surface area contributed by atoms with Crippen LogP contribution in [0.1, 0.15) is 18.4 Å². The molecule has 5 nitrogen and oxygen atoms in total. The number of benzene rings is 2. The zero-order valence-corrected chi connectivity index (χ0v) is 16.4. The van der Waals surface area contributed by atoms with Crippen LogP contribution in [0.2, 0.25) is 5.02 Å². The van der Waals surface area contributed by atoms with Crippen molar-refractivity contribution < 1.29 is 22.0 Å². The molecule has 28 heavy (non-hydrogen) atoms. The summed E-state index contributed by atoms with van der Waals surface area (Å²) in [6, 6.07) is 9.45. The van der Waals surface area contributed by atoms with Gasteiger partial charge in [0.1, 0.15) is 11.6 Å². The number of halogens is 3. The van der Waals surface area contributed by atoms with Gasteiger partial charge in [0.2, 0.25) is 15.9 Å². The number of hydrogen-bond donors (Lipinski definition) is 1. The SMILES string of the molecule is O=C(Nc1ccc(F)cc1)C1CCN(S(=O)(=O)Cc2c(F)cccc2Cl)CC1. The third-order valence-corrected chi connectivity index (χ3v) is 6.88. The number of anilines is 1. The first-order valence-electron chi connectivity index (χ1n) is 8.73. The number of carbonyl (C=O) groups excluding carboxylic acids is 1. The number of amides is 1. The molecule has 0 aliphatic carbocycles. The van der Waals surface area contributed by atoms with Gasteiger partial charge >= 0.3 is 0 Å². The normalized spacial score (nSPS) is 16.1. The quantitative estimate of drug-likeness (QED) is 0.787. The summed E-state index contributed by atoms with van der Waals surface area (Å²) in [7, 11) is -3.76. The number of hydrogen-bond acceptors (Lipinski definition) is 3. The van der Waals surface area contributed by atoms with Crippen molar-refractivity contribution in [3.05, 3.63) is 64.7 Å². The number of rotatable bonds is 5. The molecule has 2 aromatic carbocycles.